The Morgan fingerprint density at radius 2 is 2.33 bits per heavy atom. The highest BCUT2D eigenvalue weighted by Gasteiger charge is 2.06. The number of nitrogens with one attached hydrogen (secondary N) is 2. The van der Waals surface area contributed by atoms with Crippen LogP contribution in [0.2, 0.25) is 0 Å². The predicted molar refractivity (Wildman–Crippen MR) is 64.1 cm³/mol. The minimum atomic E-state index is -0.155. The van der Waals surface area contributed by atoms with Crippen molar-refractivity contribution >= 4 is 11.7 Å². The summed E-state index contributed by atoms with van der Waals surface area (Å²) < 4.78 is 4.60. The van der Waals surface area contributed by atoms with E-state index in [1.165, 1.54) is 6.39 Å². The predicted octanol–water partition coefficient (Wildman–Crippen LogP) is 0.479. The van der Waals surface area contributed by atoms with Crippen LogP contribution in [-0.2, 0) is 6.42 Å². The van der Waals surface area contributed by atoms with Crippen LogP contribution in [0.3, 0.4) is 0 Å². The zero-order valence-electron chi connectivity index (χ0n) is 9.88. The van der Waals surface area contributed by atoms with Crippen molar-refractivity contribution in [2.75, 3.05) is 18.9 Å². The summed E-state index contributed by atoms with van der Waals surface area (Å²) in [6, 6.07) is 3.34. The molecule has 0 radical (unpaired) electrons. The number of anilines is 1. The fraction of sp³-hybridized carbons (Fsp3) is 0.273. The SMILES string of the molecule is CNc1cc(C(=O)NCCc2ncon2)ccn1. The summed E-state index contributed by atoms with van der Waals surface area (Å²) in [5.41, 5.74) is 0.558. The van der Waals surface area contributed by atoms with Gasteiger partial charge in [0.25, 0.3) is 5.91 Å². The molecule has 0 aliphatic heterocycles. The third-order valence-corrected chi connectivity index (χ3v) is 2.32. The third kappa shape index (κ3) is 3.03. The molecule has 0 atom stereocenters. The summed E-state index contributed by atoms with van der Waals surface area (Å²) >= 11 is 0. The summed E-state index contributed by atoms with van der Waals surface area (Å²) in [6.07, 6.45) is 3.38. The molecule has 0 fully saturated rings. The molecule has 0 bridgehead atoms. The quantitative estimate of drug-likeness (QED) is 0.798. The second-order valence-corrected chi connectivity index (χ2v) is 3.53. The second kappa shape index (κ2) is 5.76. The molecular formula is C11H13N5O2. The summed E-state index contributed by atoms with van der Waals surface area (Å²) in [4.78, 5) is 19.7. The number of nitrogens with zero attached hydrogens (tertiary/aromatic N) is 3. The standard InChI is InChI=1S/C11H13N5O2/c1-12-10-6-8(2-4-13-10)11(17)14-5-3-9-15-7-18-16-9/h2,4,6-7H,3,5H2,1H3,(H,12,13)(H,14,17). The summed E-state index contributed by atoms with van der Waals surface area (Å²) in [7, 11) is 1.75. The Morgan fingerprint density at radius 1 is 1.44 bits per heavy atom. The Kier molecular flexibility index (Phi) is 3.85. The highest BCUT2D eigenvalue weighted by atomic mass is 16.5. The first kappa shape index (κ1) is 12.0. The lowest BCUT2D eigenvalue weighted by Crippen LogP contribution is -2.26. The van der Waals surface area contributed by atoms with Crippen LogP contribution in [0.1, 0.15) is 16.2 Å². The molecule has 1 amide bonds. The molecule has 94 valence electrons. The Labute approximate surface area is 104 Å². The highest BCUT2D eigenvalue weighted by molar-refractivity contribution is 5.94. The highest BCUT2D eigenvalue weighted by Crippen LogP contribution is 2.05. The first-order valence-electron chi connectivity index (χ1n) is 5.47. The normalized spacial score (nSPS) is 10.1. The van der Waals surface area contributed by atoms with Crippen molar-refractivity contribution in [3.8, 4) is 0 Å². The molecular weight excluding hydrogens is 234 g/mol. The minimum absolute atomic E-state index is 0.155. The fourth-order valence-corrected chi connectivity index (χ4v) is 1.40. The average Bonchev–Trinajstić information content (AvgIpc) is 2.92. The monoisotopic (exact) mass is 247 g/mol. The van der Waals surface area contributed by atoms with E-state index in [2.05, 4.69) is 30.3 Å². The number of hydrogen-bond donors (Lipinski definition) is 2. The molecule has 7 heteroatoms. The van der Waals surface area contributed by atoms with E-state index in [1.54, 1.807) is 25.4 Å². The van der Waals surface area contributed by atoms with Crippen LogP contribution in [0.4, 0.5) is 5.82 Å². The molecule has 0 spiro atoms. The Morgan fingerprint density at radius 3 is 3.06 bits per heavy atom. The fourth-order valence-electron chi connectivity index (χ4n) is 1.40. The van der Waals surface area contributed by atoms with E-state index in [9.17, 15) is 4.79 Å². The van der Waals surface area contributed by atoms with Gasteiger partial charge in [0.15, 0.2) is 5.82 Å². The Hall–Kier alpha value is -2.44. The van der Waals surface area contributed by atoms with E-state index in [-0.39, 0.29) is 5.91 Å². The largest absolute Gasteiger partial charge is 0.373 e. The zero-order chi connectivity index (χ0) is 12.8. The molecule has 0 aliphatic rings. The minimum Gasteiger partial charge on any atom is -0.373 e. The molecule has 0 aliphatic carbocycles. The zero-order valence-corrected chi connectivity index (χ0v) is 9.88. The molecule has 0 saturated carbocycles. The van der Waals surface area contributed by atoms with Gasteiger partial charge < -0.3 is 15.2 Å². The van der Waals surface area contributed by atoms with Crippen molar-refractivity contribution in [2.24, 2.45) is 0 Å². The molecule has 2 N–H and O–H groups in total. The average molecular weight is 247 g/mol. The molecule has 2 aromatic rings. The van der Waals surface area contributed by atoms with Crippen LogP contribution in [0.5, 0.6) is 0 Å². The van der Waals surface area contributed by atoms with E-state index in [0.29, 0.717) is 30.2 Å². The van der Waals surface area contributed by atoms with E-state index in [1.807, 2.05) is 0 Å². The molecule has 18 heavy (non-hydrogen) atoms. The smallest absolute Gasteiger partial charge is 0.251 e. The van der Waals surface area contributed by atoms with Gasteiger partial charge in [0.05, 0.1) is 0 Å². The number of rotatable bonds is 5. The number of aromatic nitrogens is 3. The maximum atomic E-state index is 11.8. The van der Waals surface area contributed by atoms with E-state index >= 15 is 0 Å². The number of amides is 1. The summed E-state index contributed by atoms with van der Waals surface area (Å²) in [6.45, 7) is 0.454. The van der Waals surface area contributed by atoms with Crippen LogP contribution < -0.4 is 10.6 Å². The Bertz CT molecular complexity index is 512. The molecule has 2 aromatic heterocycles. The molecule has 0 saturated heterocycles. The van der Waals surface area contributed by atoms with Crippen LogP contribution in [-0.4, -0.2) is 34.6 Å². The van der Waals surface area contributed by atoms with Crippen molar-refractivity contribution in [3.63, 3.8) is 0 Å². The second-order valence-electron chi connectivity index (χ2n) is 3.53. The summed E-state index contributed by atoms with van der Waals surface area (Å²) in [5.74, 6) is 1.07. The van der Waals surface area contributed by atoms with Gasteiger partial charge in [-0.25, -0.2) is 4.98 Å². The van der Waals surface area contributed by atoms with Gasteiger partial charge in [0.1, 0.15) is 5.82 Å². The van der Waals surface area contributed by atoms with Gasteiger partial charge in [-0.1, -0.05) is 5.16 Å². The lowest BCUT2D eigenvalue weighted by atomic mass is 10.2. The van der Waals surface area contributed by atoms with Crippen molar-refractivity contribution in [1.82, 2.24) is 20.4 Å². The van der Waals surface area contributed by atoms with Crippen molar-refractivity contribution in [2.45, 2.75) is 6.42 Å². The maximum absolute atomic E-state index is 11.8. The molecule has 7 nitrogen and oxygen atoms in total. The van der Waals surface area contributed by atoms with E-state index < -0.39 is 0 Å². The first-order valence-corrected chi connectivity index (χ1v) is 5.47. The first-order chi connectivity index (χ1) is 8.79. The molecule has 0 unspecified atom stereocenters. The number of carbonyl (C=O) groups excluding carboxylic acids is 1. The van der Waals surface area contributed by atoms with Crippen molar-refractivity contribution in [1.29, 1.82) is 0 Å². The van der Waals surface area contributed by atoms with Gasteiger partial charge in [-0.05, 0) is 12.1 Å². The summed E-state index contributed by atoms with van der Waals surface area (Å²) in [5, 5.41) is 9.31. The van der Waals surface area contributed by atoms with Crippen molar-refractivity contribution in [3.05, 3.63) is 36.1 Å². The van der Waals surface area contributed by atoms with Crippen LogP contribution in [0.15, 0.2) is 29.2 Å². The molecule has 2 rings (SSSR count). The van der Waals surface area contributed by atoms with Gasteiger partial charge >= 0.3 is 0 Å². The Balaban J connectivity index is 1.87. The van der Waals surface area contributed by atoms with Crippen LogP contribution in [0, 0.1) is 0 Å². The van der Waals surface area contributed by atoms with Crippen LogP contribution in [0.25, 0.3) is 0 Å². The van der Waals surface area contributed by atoms with Gasteiger partial charge in [0, 0.05) is 31.8 Å². The van der Waals surface area contributed by atoms with Gasteiger partial charge in [0.2, 0.25) is 6.39 Å². The van der Waals surface area contributed by atoms with E-state index in [0.717, 1.165) is 0 Å². The van der Waals surface area contributed by atoms with Gasteiger partial charge in [-0.15, -0.1) is 0 Å². The van der Waals surface area contributed by atoms with Crippen LogP contribution >= 0.6 is 0 Å². The van der Waals surface area contributed by atoms with Gasteiger partial charge in [-0.3, -0.25) is 4.79 Å². The molecule has 2 heterocycles. The maximum Gasteiger partial charge on any atom is 0.251 e. The number of pyridine rings is 1. The lowest BCUT2D eigenvalue weighted by Gasteiger charge is -2.05. The third-order valence-electron chi connectivity index (χ3n) is 2.32. The lowest BCUT2D eigenvalue weighted by molar-refractivity contribution is 0.0954. The number of hydrogen-bond acceptors (Lipinski definition) is 6. The number of carbonyl (C=O) groups is 1. The molecule has 0 aromatic carbocycles. The van der Waals surface area contributed by atoms with Gasteiger partial charge in [-0.2, -0.15) is 4.98 Å². The topological polar surface area (TPSA) is 92.9 Å². The van der Waals surface area contributed by atoms with Crippen molar-refractivity contribution < 1.29 is 9.32 Å². The van der Waals surface area contributed by atoms with E-state index in [4.69, 9.17) is 0 Å².